The second kappa shape index (κ2) is 6.29. The Morgan fingerprint density at radius 3 is 2.96 bits per heavy atom. The van der Waals surface area contributed by atoms with Gasteiger partial charge in [-0.1, -0.05) is 0 Å². The first-order chi connectivity index (χ1) is 12.1. The molecule has 2 N–H and O–H groups in total. The summed E-state index contributed by atoms with van der Waals surface area (Å²) in [5, 5.41) is 10.9. The van der Waals surface area contributed by atoms with Gasteiger partial charge in [-0.2, -0.15) is 0 Å². The van der Waals surface area contributed by atoms with Gasteiger partial charge in [0.25, 0.3) is 5.91 Å². The molecule has 0 aromatic carbocycles. The van der Waals surface area contributed by atoms with E-state index in [1.807, 2.05) is 17.2 Å². The van der Waals surface area contributed by atoms with E-state index in [0.29, 0.717) is 0 Å². The molecule has 0 radical (unpaired) electrons. The molecule has 1 amide bonds. The molecule has 134 valence electrons. The molecule has 25 heavy (non-hydrogen) atoms. The van der Waals surface area contributed by atoms with Crippen LogP contribution in [-0.4, -0.2) is 62.1 Å². The number of aromatic amines is 1. The molecule has 2 atom stereocenters. The van der Waals surface area contributed by atoms with Gasteiger partial charge in [0.1, 0.15) is 23.9 Å². The van der Waals surface area contributed by atoms with Crippen molar-refractivity contribution >= 4 is 22.8 Å². The molecule has 2 aliphatic heterocycles. The first-order valence-corrected chi connectivity index (χ1v) is 9.13. The highest BCUT2D eigenvalue weighted by Gasteiger charge is 2.46. The molecule has 2 aromatic heterocycles. The van der Waals surface area contributed by atoms with Gasteiger partial charge in [0, 0.05) is 25.8 Å². The van der Waals surface area contributed by atoms with Crippen LogP contribution in [0.2, 0.25) is 0 Å². The van der Waals surface area contributed by atoms with Crippen molar-refractivity contribution in [1.29, 1.82) is 0 Å². The molecule has 0 bridgehead atoms. The van der Waals surface area contributed by atoms with E-state index in [1.54, 1.807) is 13.3 Å². The summed E-state index contributed by atoms with van der Waals surface area (Å²) in [7, 11) is 0. The van der Waals surface area contributed by atoms with Crippen molar-refractivity contribution in [2.24, 2.45) is 0 Å². The highest BCUT2D eigenvalue weighted by molar-refractivity contribution is 5.87. The molecule has 2 aliphatic rings. The summed E-state index contributed by atoms with van der Waals surface area (Å²) in [6, 6.07) is 2.01. The molecule has 1 spiro atoms. The van der Waals surface area contributed by atoms with Gasteiger partial charge >= 0.3 is 0 Å². The van der Waals surface area contributed by atoms with Crippen LogP contribution in [0.4, 0.5) is 5.82 Å². The lowest BCUT2D eigenvalue weighted by Gasteiger charge is -2.41. The SMILES string of the molecule is CC(O)C(=O)N1CCCC12CCCCN(c1ncnc3[nH]ccc13)C2. The van der Waals surface area contributed by atoms with Gasteiger partial charge in [0.05, 0.1) is 10.9 Å². The van der Waals surface area contributed by atoms with Gasteiger partial charge in [-0.25, -0.2) is 9.97 Å². The number of anilines is 1. The molecule has 4 heterocycles. The zero-order valence-electron chi connectivity index (χ0n) is 14.6. The van der Waals surface area contributed by atoms with E-state index < -0.39 is 6.10 Å². The van der Waals surface area contributed by atoms with Crippen LogP contribution in [0.15, 0.2) is 18.6 Å². The number of hydrogen-bond acceptors (Lipinski definition) is 5. The number of nitrogens with one attached hydrogen (secondary N) is 1. The van der Waals surface area contributed by atoms with Crippen molar-refractivity contribution in [3.05, 3.63) is 18.6 Å². The predicted molar refractivity (Wildman–Crippen MR) is 95.3 cm³/mol. The van der Waals surface area contributed by atoms with E-state index in [-0.39, 0.29) is 11.4 Å². The average Bonchev–Trinajstić information content (AvgIpc) is 3.17. The molecule has 2 aromatic rings. The summed E-state index contributed by atoms with van der Waals surface area (Å²) >= 11 is 0. The predicted octanol–water partition coefficient (Wildman–Crippen LogP) is 1.69. The van der Waals surface area contributed by atoms with Crippen LogP contribution in [0.5, 0.6) is 0 Å². The minimum absolute atomic E-state index is 0.145. The highest BCUT2D eigenvalue weighted by atomic mass is 16.3. The lowest BCUT2D eigenvalue weighted by molar-refractivity contribution is -0.143. The van der Waals surface area contributed by atoms with Crippen molar-refractivity contribution < 1.29 is 9.90 Å². The zero-order valence-corrected chi connectivity index (χ0v) is 14.6. The number of nitrogens with zero attached hydrogens (tertiary/aromatic N) is 4. The van der Waals surface area contributed by atoms with Crippen molar-refractivity contribution in [2.75, 3.05) is 24.5 Å². The van der Waals surface area contributed by atoms with Crippen LogP contribution >= 0.6 is 0 Å². The number of aromatic nitrogens is 3. The van der Waals surface area contributed by atoms with E-state index in [2.05, 4.69) is 19.9 Å². The van der Waals surface area contributed by atoms with Gasteiger partial charge in [-0.05, 0) is 45.1 Å². The largest absolute Gasteiger partial charge is 0.384 e. The van der Waals surface area contributed by atoms with Gasteiger partial charge < -0.3 is 19.9 Å². The summed E-state index contributed by atoms with van der Waals surface area (Å²) in [4.78, 5) is 28.8. The molecule has 2 fully saturated rings. The second-order valence-corrected chi connectivity index (χ2v) is 7.31. The molecule has 7 heteroatoms. The molecular weight excluding hydrogens is 318 g/mol. The van der Waals surface area contributed by atoms with Crippen LogP contribution in [0.1, 0.15) is 39.0 Å². The van der Waals surface area contributed by atoms with E-state index >= 15 is 0 Å². The van der Waals surface area contributed by atoms with E-state index in [0.717, 1.165) is 68.6 Å². The third kappa shape index (κ3) is 2.76. The topological polar surface area (TPSA) is 85.3 Å². The van der Waals surface area contributed by atoms with E-state index in [4.69, 9.17) is 0 Å². The van der Waals surface area contributed by atoms with Crippen LogP contribution in [0.25, 0.3) is 11.0 Å². The molecule has 7 nitrogen and oxygen atoms in total. The number of aliphatic hydroxyl groups excluding tert-OH is 1. The van der Waals surface area contributed by atoms with Crippen molar-refractivity contribution in [3.8, 4) is 0 Å². The van der Waals surface area contributed by atoms with Crippen LogP contribution in [0.3, 0.4) is 0 Å². The Morgan fingerprint density at radius 2 is 2.12 bits per heavy atom. The fourth-order valence-electron chi connectivity index (χ4n) is 4.49. The number of hydrogen-bond donors (Lipinski definition) is 2. The molecule has 2 unspecified atom stereocenters. The van der Waals surface area contributed by atoms with Gasteiger partial charge in [0.15, 0.2) is 0 Å². The second-order valence-electron chi connectivity index (χ2n) is 7.31. The Bertz CT molecular complexity index is 774. The number of H-pyrrole nitrogens is 1. The molecule has 0 aliphatic carbocycles. The van der Waals surface area contributed by atoms with Crippen LogP contribution in [-0.2, 0) is 4.79 Å². The number of fused-ring (bicyclic) bond motifs is 1. The van der Waals surface area contributed by atoms with Crippen LogP contribution < -0.4 is 4.90 Å². The molecule has 4 rings (SSSR count). The summed E-state index contributed by atoms with van der Waals surface area (Å²) in [5.74, 6) is 0.790. The summed E-state index contributed by atoms with van der Waals surface area (Å²) in [6.07, 6.45) is 7.68. The minimum Gasteiger partial charge on any atom is -0.384 e. The van der Waals surface area contributed by atoms with Gasteiger partial charge in [0.2, 0.25) is 0 Å². The maximum Gasteiger partial charge on any atom is 0.251 e. The summed E-state index contributed by atoms with van der Waals surface area (Å²) in [6.45, 7) is 4.00. The first kappa shape index (κ1) is 16.3. The fraction of sp³-hybridized carbons (Fsp3) is 0.611. The Balaban J connectivity index is 1.69. The molecule has 2 saturated heterocycles. The monoisotopic (exact) mass is 343 g/mol. The average molecular weight is 343 g/mol. The number of carbonyl (C=O) groups is 1. The normalized spacial score (nSPS) is 25.5. The number of aliphatic hydroxyl groups is 1. The standard InChI is InChI=1S/C18H25N5O2/c1-13(24)17(25)23-10-4-7-18(23)6-2-3-9-22(11-18)16-14-5-8-19-15(14)20-12-21-16/h5,8,12-13,24H,2-4,6-7,9-11H2,1H3,(H,19,20,21). The third-order valence-electron chi connectivity index (χ3n) is 5.66. The summed E-state index contributed by atoms with van der Waals surface area (Å²) in [5.41, 5.74) is 0.643. The number of carbonyl (C=O) groups excluding carboxylic acids is 1. The third-order valence-corrected chi connectivity index (χ3v) is 5.66. The minimum atomic E-state index is -0.942. The highest BCUT2D eigenvalue weighted by Crippen LogP contribution is 2.39. The fourth-order valence-corrected chi connectivity index (χ4v) is 4.49. The Morgan fingerprint density at radius 1 is 1.28 bits per heavy atom. The number of amides is 1. The smallest absolute Gasteiger partial charge is 0.251 e. The van der Waals surface area contributed by atoms with Crippen molar-refractivity contribution in [3.63, 3.8) is 0 Å². The van der Waals surface area contributed by atoms with E-state index in [1.165, 1.54) is 0 Å². The first-order valence-electron chi connectivity index (χ1n) is 9.13. The van der Waals surface area contributed by atoms with Crippen molar-refractivity contribution in [1.82, 2.24) is 19.9 Å². The van der Waals surface area contributed by atoms with Crippen molar-refractivity contribution in [2.45, 2.75) is 50.7 Å². The number of likely N-dealkylation sites (tertiary alicyclic amines) is 1. The Labute approximate surface area is 147 Å². The lowest BCUT2D eigenvalue weighted by Crippen LogP contribution is -2.55. The van der Waals surface area contributed by atoms with Crippen LogP contribution in [0, 0.1) is 0 Å². The molecule has 0 saturated carbocycles. The maximum absolute atomic E-state index is 12.6. The maximum atomic E-state index is 12.6. The van der Waals surface area contributed by atoms with E-state index in [9.17, 15) is 9.90 Å². The number of rotatable bonds is 2. The van der Waals surface area contributed by atoms with Gasteiger partial charge in [-0.3, -0.25) is 4.79 Å². The Kier molecular flexibility index (Phi) is 4.11. The lowest BCUT2D eigenvalue weighted by atomic mass is 9.90. The van der Waals surface area contributed by atoms with Gasteiger partial charge in [-0.15, -0.1) is 0 Å². The quantitative estimate of drug-likeness (QED) is 0.867. The molecular formula is C18H25N5O2. The zero-order chi connectivity index (χ0) is 17.4. The summed E-state index contributed by atoms with van der Waals surface area (Å²) < 4.78 is 0. The Hall–Kier alpha value is -2.15.